The summed E-state index contributed by atoms with van der Waals surface area (Å²) in [6.07, 6.45) is -0.0561. The molecule has 20 heavy (non-hydrogen) atoms. The van der Waals surface area contributed by atoms with Crippen LogP contribution < -0.4 is 5.59 Å². The highest BCUT2D eigenvalue weighted by molar-refractivity contribution is 6.74. The van der Waals surface area contributed by atoms with Gasteiger partial charge in [-0.3, -0.25) is 4.98 Å². The van der Waals surface area contributed by atoms with E-state index in [1.807, 2.05) is 66.7 Å². The highest BCUT2D eigenvalue weighted by Crippen LogP contribution is 2.17. The van der Waals surface area contributed by atoms with Gasteiger partial charge in [-0.1, -0.05) is 12.1 Å². The van der Waals surface area contributed by atoms with Gasteiger partial charge in [0, 0.05) is 24.0 Å². The second kappa shape index (κ2) is 7.20. The maximum atomic E-state index is 6.06. The number of nitrogens with zero attached hydrogens (tertiary/aromatic N) is 1. The molecule has 0 fully saturated rings. The smallest absolute Gasteiger partial charge is 0.428 e. The van der Waals surface area contributed by atoms with Gasteiger partial charge in [0.25, 0.3) is 0 Å². The van der Waals surface area contributed by atoms with Crippen molar-refractivity contribution >= 4 is 12.3 Å². The molecule has 1 heterocycles. The van der Waals surface area contributed by atoms with E-state index in [4.69, 9.17) is 14.0 Å². The lowest BCUT2D eigenvalue weighted by atomic mass is 9.71. The Balaban J connectivity index is 3.26. The summed E-state index contributed by atoms with van der Waals surface area (Å²) in [6.45, 7) is 11.7. The Labute approximate surface area is 122 Å². The molecule has 0 saturated heterocycles. The number of aryl methyl sites for hydroxylation is 1. The summed E-state index contributed by atoms with van der Waals surface area (Å²) in [4.78, 5) is 4.56. The van der Waals surface area contributed by atoms with Crippen molar-refractivity contribution in [2.75, 3.05) is 0 Å². The van der Waals surface area contributed by atoms with E-state index in [1.54, 1.807) is 0 Å². The van der Waals surface area contributed by atoms with E-state index in [-0.39, 0.29) is 18.3 Å². The van der Waals surface area contributed by atoms with Crippen molar-refractivity contribution < 1.29 is 14.0 Å². The van der Waals surface area contributed by atoms with Crippen LogP contribution in [0.25, 0.3) is 0 Å². The fraction of sp³-hybridized carbons (Fsp3) is 0.667. The molecule has 114 valence electrons. The van der Waals surface area contributed by atoms with Gasteiger partial charge in [-0.25, -0.2) is 0 Å². The van der Waals surface area contributed by atoms with Crippen molar-refractivity contribution in [3.63, 3.8) is 0 Å². The number of hydrogen-bond acceptors (Lipinski definition) is 4. The van der Waals surface area contributed by atoms with Crippen LogP contribution >= 0.6 is 0 Å². The maximum absolute atomic E-state index is 6.06. The minimum Gasteiger partial charge on any atom is -0.538 e. The van der Waals surface area contributed by atoms with Gasteiger partial charge >= 0.3 is 6.75 Å². The van der Waals surface area contributed by atoms with Crippen LogP contribution in [0.3, 0.4) is 0 Å². The van der Waals surface area contributed by atoms with Gasteiger partial charge in [0.05, 0.1) is 0 Å². The third kappa shape index (κ3) is 4.89. The Hall–Kier alpha value is -0.905. The van der Waals surface area contributed by atoms with Gasteiger partial charge in [0.1, 0.15) is 0 Å². The normalized spacial score (nSPS) is 12.7. The fourth-order valence-electron chi connectivity index (χ4n) is 2.14. The van der Waals surface area contributed by atoms with E-state index in [0.717, 1.165) is 5.69 Å². The Morgan fingerprint density at radius 1 is 0.850 bits per heavy atom. The van der Waals surface area contributed by atoms with Gasteiger partial charge < -0.3 is 14.0 Å². The molecule has 0 aliphatic rings. The van der Waals surface area contributed by atoms with Crippen molar-refractivity contribution in [3.05, 3.63) is 23.9 Å². The summed E-state index contributed by atoms with van der Waals surface area (Å²) in [5, 5.41) is 0. The molecule has 1 aromatic heterocycles. The topological polar surface area (TPSA) is 40.6 Å². The summed E-state index contributed by atoms with van der Waals surface area (Å²) < 4.78 is 18.2. The molecule has 1 rings (SSSR count). The molecular weight excluding hydrogens is 253 g/mol. The lowest BCUT2D eigenvalue weighted by molar-refractivity contribution is 0.0146. The van der Waals surface area contributed by atoms with E-state index < -0.39 is 6.75 Å². The Kier molecular flexibility index (Phi) is 6.18. The zero-order chi connectivity index (χ0) is 15.3. The second-order valence-corrected chi connectivity index (χ2v) is 5.90. The van der Waals surface area contributed by atoms with Crippen LogP contribution in [0, 0.1) is 6.92 Å². The van der Waals surface area contributed by atoms with E-state index in [2.05, 4.69) is 4.98 Å². The SMILES string of the molecule is Cc1cccc([B-](OC(C)C)(OC(C)C)OC(C)C)n1. The number of rotatable bonds is 7. The molecule has 0 unspecified atom stereocenters. The van der Waals surface area contributed by atoms with Crippen LogP contribution in [-0.4, -0.2) is 30.1 Å². The van der Waals surface area contributed by atoms with Crippen LogP contribution in [-0.2, 0) is 14.0 Å². The Morgan fingerprint density at radius 3 is 1.65 bits per heavy atom. The molecule has 4 nitrogen and oxygen atoms in total. The van der Waals surface area contributed by atoms with E-state index in [0.29, 0.717) is 5.59 Å². The molecule has 1 aromatic rings. The molecule has 0 N–H and O–H groups in total. The molecule has 0 radical (unpaired) electrons. The second-order valence-electron chi connectivity index (χ2n) is 5.90. The van der Waals surface area contributed by atoms with Crippen molar-refractivity contribution in [2.24, 2.45) is 0 Å². The van der Waals surface area contributed by atoms with Crippen LogP contribution in [0.1, 0.15) is 47.2 Å². The summed E-state index contributed by atoms with van der Waals surface area (Å²) in [5.41, 5.74) is 1.63. The molecule has 0 aliphatic heterocycles. The molecule has 0 saturated carbocycles. The van der Waals surface area contributed by atoms with Crippen molar-refractivity contribution in [1.82, 2.24) is 4.98 Å². The Bertz CT molecular complexity index is 395. The van der Waals surface area contributed by atoms with Crippen molar-refractivity contribution in [1.29, 1.82) is 0 Å². The summed E-state index contributed by atoms with van der Waals surface area (Å²) >= 11 is 0. The highest BCUT2D eigenvalue weighted by atomic mass is 16.8. The third-order valence-electron chi connectivity index (χ3n) is 2.63. The predicted molar refractivity (Wildman–Crippen MR) is 83.0 cm³/mol. The predicted octanol–water partition coefficient (Wildman–Crippen LogP) is 2.81. The monoisotopic (exact) mass is 280 g/mol. The lowest BCUT2D eigenvalue weighted by Gasteiger charge is -2.45. The first-order valence-electron chi connectivity index (χ1n) is 7.36. The largest absolute Gasteiger partial charge is 0.538 e. The van der Waals surface area contributed by atoms with E-state index in [1.165, 1.54) is 0 Å². The summed E-state index contributed by atoms with van der Waals surface area (Å²) in [5.74, 6) is 0. The summed E-state index contributed by atoms with van der Waals surface area (Å²) in [6, 6.07) is 5.80. The zero-order valence-electron chi connectivity index (χ0n) is 13.7. The van der Waals surface area contributed by atoms with Gasteiger partial charge in [-0.2, -0.15) is 0 Å². The number of pyridine rings is 1. The molecule has 0 atom stereocenters. The molecule has 0 aliphatic carbocycles. The average Bonchev–Trinajstić information content (AvgIpc) is 2.25. The molecule has 5 heteroatoms. The van der Waals surface area contributed by atoms with E-state index in [9.17, 15) is 0 Å². The van der Waals surface area contributed by atoms with E-state index >= 15 is 0 Å². The molecule has 0 amide bonds. The number of hydrogen-bond donors (Lipinski definition) is 0. The van der Waals surface area contributed by atoms with Crippen molar-refractivity contribution in [3.8, 4) is 0 Å². The van der Waals surface area contributed by atoms with Crippen LogP contribution in [0.2, 0.25) is 0 Å². The summed E-state index contributed by atoms with van der Waals surface area (Å²) in [7, 11) is 0. The first-order valence-corrected chi connectivity index (χ1v) is 7.36. The zero-order valence-corrected chi connectivity index (χ0v) is 13.7. The molecule has 0 bridgehead atoms. The first kappa shape index (κ1) is 17.1. The third-order valence-corrected chi connectivity index (χ3v) is 2.63. The molecule has 0 aromatic carbocycles. The first-order chi connectivity index (χ1) is 9.25. The van der Waals surface area contributed by atoms with Gasteiger partial charge in [0.2, 0.25) is 0 Å². The standard InChI is InChI=1S/C15H27BNO3/c1-11(2)18-16(19-12(3)4,20-13(5)6)15-10-8-9-14(7)17-15/h8-13H,1-7H3/q-1. The minimum atomic E-state index is -2.05. The van der Waals surface area contributed by atoms with Gasteiger partial charge in [-0.05, 0) is 60.1 Å². The average molecular weight is 280 g/mol. The lowest BCUT2D eigenvalue weighted by Crippen LogP contribution is -2.61. The maximum Gasteiger partial charge on any atom is 0.428 e. The van der Waals surface area contributed by atoms with Crippen molar-refractivity contribution in [2.45, 2.75) is 66.8 Å². The quantitative estimate of drug-likeness (QED) is 0.720. The van der Waals surface area contributed by atoms with Crippen LogP contribution in [0.4, 0.5) is 0 Å². The van der Waals surface area contributed by atoms with Gasteiger partial charge in [0.15, 0.2) is 0 Å². The highest BCUT2D eigenvalue weighted by Gasteiger charge is 2.36. The minimum absolute atomic E-state index is 0.0187. The van der Waals surface area contributed by atoms with Crippen LogP contribution in [0.15, 0.2) is 18.2 Å². The fourth-order valence-corrected chi connectivity index (χ4v) is 2.14. The Morgan fingerprint density at radius 2 is 1.30 bits per heavy atom. The number of aromatic nitrogens is 1. The molecular formula is C15H27BNO3-. The molecule has 0 spiro atoms. The van der Waals surface area contributed by atoms with Gasteiger partial charge in [-0.15, -0.1) is 0 Å². The van der Waals surface area contributed by atoms with Crippen LogP contribution in [0.5, 0.6) is 0 Å².